The zero-order chi connectivity index (χ0) is 13.8. The smallest absolute Gasteiger partial charge is 0.251 e. The highest BCUT2D eigenvalue weighted by molar-refractivity contribution is 5.95. The molecular formula is C15H21FN2O. The maximum Gasteiger partial charge on any atom is 0.251 e. The molecular weight excluding hydrogens is 243 g/mol. The zero-order valence-electron chi connectivity index (χ0n) is 11.3. The molecule has 3 N–H and O–H groups in total. The summed E-state index contributed by atoms with van der Waals surface area (Å²) in [6, 6.07) is 4.40. The topological polar surface area (TPSA) is 55.1 Å². The van der Waals surface area contributed by atoms with Crippen molar-refractivity contribution in [1.82, 2.24) is 5.32 Å². The largest absolute Gasteiger partial charge is 0.352 e. The van der Waals surface area contributed by atoms with Crippen LogP contribution in [0.25, 0.3) is 0 Å². The van der Waals surface area contributed by atoms with Crippen molar-refractivity contribution in [3.8, 4) is 0 Å². The van der Waals surface area contributed by atoms with Crippen LogP contribution in [0.4, 0.5) is 4.39 Å². The van der Waals surface area contributed by atoms with Crippen LogP contribution >= 0.6 is 0 Å². The van der Waals surface area contributed by atoms with Crippen molar-refractivity contribution in [2.75, 3.05) is 6.54 Å². The molecule has 0 heterocycles. The summed E-state index contributed by atoms with van der Waals surface area (Å²) in [5.74, 6) is -0.0999. The fraction of sp³-hybridized carbons (Fsp3) is 0.533. The van der Waals surface area contributed by atoms with Gasteiger partial charge in [0.05, 0.1) is 0 Å². The number of nitrogens with one attached hydrogen (secondary N) is 1. The van der Waals surface area contributed by atoms with E-state index >= 15 is 0 Å². The number of amides is 1. The molecule has 1 aromatic rings. The number of nitrogens with two attached hydrogens (primary N) is 1. The van der Waals surface area contributed by atoms with Crippen molar-refractivity contribution in [2.45, 2.75) is 38.6 Å². The number of halogens is 1. The summed E-state index contributed by atoms with van der Waals surface area (Å²) >= 11 is 0. The molecule has 1 amide bonds. The van der Waals surface area contributed by atoms with Crippen LogP contribution in [0, 0.1) is 18.7 Å². The molecule has 1 aliphatic carbocycles. The van der Waals surface area contributed by atoms with Gasteiger partial charge in [-0.1, -0.05) is 12.8 Å². The molecule has 0 saturated heterocycles. The van der Waals surface area contributed by atoms with E-state index in [4.69, 9.17) is 5.73 Å². The van der Waals surface area contributed by atoms with Crippen molar-refractivity contribution < 1.29 is 9.18 Å². The molecule has 0 spiro atoms. The van der Waals surface area contributed by atoms with Crippen molar-refractivity contribution in [3.05, 3.63) is 35.1 Å². The van der Waals surface area contributed by atoms with E-state index in [-0.39, 0.29) is 17.8 Å². The Balaban J connectivity index is 1.93. The van der Waals surface area contributed by atoms with E-state index in [0.717, 1.165) is 12.8 Å². The van der Waals surface area contributed by atoms with Crippen LogP contribution in [0.3, 0.4) is 0 Å². The molecule has 0 aliphatic heterocycles. The lowest BCUT2D eigenvalue weighted by atomic mass is 9.85. The minimum Gasteiger partial charge on any atom is -0.352 e. The Morgan fingerprint density at radius 2 is 2.16 bits per heavy atom. The molecule has 104 valence electrons. The van der Waals surface area contributed by atoms with E-state index in [1.54, 1.807) is 6.92 Å². The standard InChI is InChI=1S/C15H21FN2O/c1-10-8-12(16)6-7-13(10)15(19)18-9-11-4-2-3-5-14(11)17/h6-8,11,14H,2-5,9,17H2,1H3,(H,18,19). The van der Waals surface area contributed by atoms with Gasteiger partial charge in [-0.2, -0.15) is 0 Å². The lowest BCUT2D eigenvalue weighted by Gasteiger charge is -2.28. The molecule has 2 rings (SSSR count). The van der Waals surface area contributed by atoms with Crippen LogP contribution in [-0.2, 0) is 0 Å². The second-order valence-electron chi connectivity index (χ2n) is 5.38. The first-order valence-electron chi connectivity index (χ1n) is 6.88. The number of carbonyl (C=O) groups excluding carboxylic acids is 1. The number of benzene rings is 1. The Hall–Kier alpha value is -1.42. The molecule has 1 aliphatic rings. The highest BCUT2D eigenvalue weighted by Crippen LogP contribution is 2.22. The Bertz CT molecular complexity index is 461. The molecule has 0 bridgehead atoms. The lowest BCUT2D eigenvalue weighted by molar-refractivity contribution is 0.0940. The van der Waals surface area contributed by atoms with E-state index in [1.165, 1.54) is 31.0 Å². The van der Waals surface area contributed by atoms with Gasteiger partial charge < -0.3 is 11.1 Å². The molecule has 3 nitrogen and oxygen atoms in total. The van der Waals surface area contributed by atoms with Gasteiger partial charge in [-0.3, -0.25) is 4.79 Å². The number of hydrogen-bond donors (Lipinski definition) is 2. The van der Waals surface area contributed by atoms with Crippen LogP contribution in [0.2, 0.25) is 0 Å². The predicted molar refractivity (Wildman–Crippen MR) is 73.4 cm³/mol. The van der Waals surface area contributed by atoms with Crippen LogP contribution in [-0.4, -0.2) is 18.5 Å². The molecule has 19 heavy (non-hydrogen) atoms. The van der Waals surface area contributed by atoms with Crippen molar-refractivity contribution in [1.29, 1.82) is 0 Å². The third kappa shape index (κ3) is 3.53. The molecule has 4 heteroatoms. The van der Waals surface area contributed by atoms with Gasteiger partial charge in [-0.15, -0.1) is 0 Å². The third-order valence-corrected chi connectivity index (χ3v) is 3.93. The highest BCUT2D eigenvalue weighted by atomic mass is 19.1. The van der Waals surface area contributed by atoms with E-state index in [0.29, 0.717) is 23.6 Å². The number of carbonyl (C=O) groups is 1. The normalized spacial score (nSPS) is 23.1. The Morgan fingerprint density at radius 1 is 1.42 bits per heavy atom. The Labute approximate surface area is 113 Å². The fourth-order valence-corrected chi connectivity index (χ4v) is 2.69. The quantitative estimate of drug-likeness (QED) is 0.880. The van der Waals surface area contributed by atoms with Gasteiger partial charge in [-0.05, 0) is 49.4 Å². The second kappa shape index (κ2) is 6.15. The van der Waals surface area contributed by atoms with Gasteiger partial charge in [0.2, 0.25) is 0 Å². The number of rotatable bonds is 3. The monoisotopic (exact) mass is 264 g/mol. The number of aryl methyl sites for hydroxylation is 1. The van der Waals surface area contributed by atoms with Crippen LogP contribution in [0.5, 0.6) is 0 Å². The number of hydrogen-bond acceptors (Lipinski definition) is 2. The van der Waals surface area contributed by atoms with Gasteiger partial charge in [0.25, 0.3) is 5.91 Å². The van der Waals surface area contributed by atoms with E-state index in [2.05, 4.69) is 5.32 Å². The van der Waals surface area contributed by atoms with Gasteiger partial charge in [0.1, 0.15) is 5.82 Å². The third-order valence-electron chi connectivity index (χ3n) is 3.93. The minimum absolute atomic E-state index is 0.143. The van der Waals surface area contributed by atoms with Crippen molar-refractivity contribution >= 4 is 5.91 Å². The molecule has 1 saturated carbocycles. The molecule has 1 fully saturated rings. The molecule has 2 atom stereocenters. The first-order chi connectivity index (χ1) is 9.08. The predicted octanol–water partition coefficient (Wildman–Crippen LogP) is 2.38. The van der Waals surface area contributed by atoms with Gasteiger partial charge in [-0.25, -0.2) is 4.39 Å². The summed E-state index contributed by atoms with van der Waals surface area (Å²) in [5.41, 5.74) is 7.24. The Kier molecular flexibility index (Phi) is 4.53. The molecule has 2 unspecified atom stereocenters. The van der Waals surface area contributed by atoms with E-state index < -0.39 is 0 Å². The summed E-state index contributed by atoms with van der Waals surface area (Å²) < 4.78 is 13.0. The Morgan fingerprint density at radius 3 is 2.84 bits per heavy atom. The zero-order valence-corrected chi connectivity index (χ0v) is 11.3. The van der Waals surface area contributed by atoms with Gasteiger partial charge in [0.15, 0.2) is 0 Å². The first-order valence-corrected chi connectivity index (χ1v) is 6.88. The van der Waals surface area contributed by atoms with Crippen LogP contribution in [0.1, 0.15) is 41.6 Å². The average Bonchev–Trinajstić information content (AvgIpc) is 2.37. The summed E-state index contributed by atoms with van der Waals surface area (Å²) in [6.07, 6.45) is 4.48. The summed E-state index contributed by atoms with van der Waals surface area (Å²) in [7, 11) is 0. The van der Waals surface area contributed by atoms with E-state index in [9.17, 15) is 9.18 Å². The second-order valence-corrected chi connectivity index (χ2v) is 5.38. The van der Waals surface area contributed by atoms with Crippen LogP contribution in [0.15, 0.2) is 18.2 Å². The lowest BCUT2D eigenvalue weighted by Crippen LogP contribution is -2.41. The summed E-state index contributed by atoms with van der Waals surface area (Å²) in [6.45, 7) is 2.35. The van der Waals surface area contributed by atoms with E-state index in [1.807, 2.05) is 0 Å². The maximum absolute atomic E-state index is 13.0. The average molecular weight is 264 g/mol. The summed E-state index contributed by atoms with van der Waals surface area (Å²) in [4.78, 5) is 12.1. The minimum atomic E-state index is -0.316. The van der Waals surface area contributed by atoms with Gasteiger partial charge in [0, 0.05) is 18.2 Å². The van der Waals surface area contributed by atoms with Crippen molar-refractivity contribution in [3.63, 3.8) is 0 Å². The van der Waals surface area contributed by atoms with Crippen LogP contribution < -0.4 is 11.1 Å². The maximum atomic E-state index is 13.0. The molecule has 0 radical (unpaired) electrons. The fourth-order valence-electron chi connectivity index (χ4n) is 2.69. The highest BCUT2D eigenvalue weighted by Gasteiger charge is 2.22. The van der Waals surface area contributed by atoms with Crippen molar-refractivity contribution in [2.24, 2.45) is 11.7 Å². The van der Waals surface area contributed by atoms with Gasteiger partial charge >= 0.3 is 0 Å². The summed E-state index contributed by atoms with van der Waals surface area (Å²) in [5, 5.41) is 2.92. The molecule has 0 aromatic heterocycles. The SMILES string of the molecule is Cc1cc(F)ccc1C(=O)NCC1CCCCC1N. The first kappa shape index (κ1) is 14.0. The molecule has 1 aromatic carbocycles.